The summed E-state index contributed by atoms with van der Waals surface area (Å²) in [5.74, 6) is 0. The van der Waals surface area contributed by atoms with Crippen molar-refractivity contribution >= 4 is 21.9 Å². The number of aryl methyl sites for hydroxylation is 2. The highest BCUT2D eigenvalue weighted by Gasteiger charge is 2.05. The van der Waals surface area contributed by atoms with Crippen LogP contribution in [0.4, 0.5) is 5.69 Å². The van der Waals surface area contributed by atoms with Gasteiger partial charge in [-0.05, 0) is 43.7 Å². The number of nitrogens with zero attached hydrogens (tertiary/aromatic N) is 1. The molecule has 0 bridgehead atoms. The number of sulfonamides is 1. The van der Waals surface area contributed by atoms with Gasteiger partial charge in [0.05, 0.1) is 10.6 Å². The van der Waals surface area contributed by atoms with Gasteiger partial charge in [-0.2, -0.15) is 0 Å². The standard InChI is InChI=1S/C15H16N2O2S/c1-11-7-12(2)9-13(8-11)10-17-14-3-5-15(6-4-14)20(16,18)19/h3-10H,1-2H3,(H2,16,18,19). The normalized spacial score (nSPS) is 11.9. The second-order valence-electron chi connectivity index (χ2n) is 4.72. The largest absolute Gasteiger partial charge is 0.256 e. The van der Waals surface area contributed by atoms with Crippen molar-refractivity contribution in [1.29, 1.82) is 0 Å². The van der Waals surface area contributed by atoms with Crippen LogP contribution in [0.1, 0.15) is 16.7 Å². The van der Waals surface area contributed by atoms with Crippen molar-refractivity contribution in [3.8, 4) is 0 Å². The Labute approximate surface area is 119 Å². The maximum atomic E-state index is 11.1. The molecule has 104 valence electrons. The summed E-state index contributed by atoms with van der Waals surface area (Å²) in [6.45, 7) is 4.07. The summed E-state index contributed by atoms with van der Waals surface area (Å²) in [5, 5.41) is 5.04. The van der Waals surface area contributed by atoms with Crippen LogP contribution in [0.5, 0.6) is 0 Å². The second-order valence-corrected chi connectivity index (χ2v) is 6.28. The summed E-state index contributed by atoms with van der Waals surface area (Å²) >= 11 is 0. The smallest absolute Gasteiger partial charge is 0.238 e. The number of nitrogens with two attached hydrogens (primary N) is 1. The molecule has 0 aliphatic heterocycles. The molecular weight excluding hydrogens is 272 g/mol. The minimum atomic E-state index is -3.65. The van der Waals surface area contributed by atoms with Crippen LogP contribution in [0.3, 0.4) is 0 Å². The van der Waals surface area contributed by atoms with Gasteiger partial charge in [-0.25, -0.2) is 13.6 Å². The molecule has 20 heavy (non-hydrogen) atoms. The Morgan fingerprint density at radius 2 is 1.55 bits per heavy atom. The fraction of sp³-hybridized carbons (Fsp3) is 0.133. The van der Waals surface area contributed by atoms with Gasteiger partial charge in [0.15, 0.2) is 0 Å². The maximum absolute atomic E-state index is 11.1. The molecule has 2 rings (SSSR count). The predicted octanol–water partition coefficient (Wildman–Crippen LogP) is 2.70. The highest BCUT2D eigenvalue weighted by atomic mass is 32.2. The number of aliphatic imine (C=N–C) groups is 1. The summed E-state index contributed by atoms with van der Waals surface area (Å²) in [4.78, 5) is 4.41. The lowest BCUT2D eigenvalue weighted by Gasteiger charge is -2.00. The number of rotatable bonds is 3. The van der Waals surface area contributed by atoms with Gasteiger partial charge in [0, 0.05) is 6.21 Å². The van der Waals surface area contributed by atoms with Crippen LogP contribution in [-0.4, -0.2) is 14.6 Å². The average molecular weight is 288 g/mol. The molecule has 0 heterocycles. The Morgan fingerprint density at radius 3 is 2.05 bits per heavy atom. The van der Waals surface area contributed by atoms with E-state index < -0.39 is 10.0 Å². The fourth-order valence-corrected chi connectivity index (χ4v) is 2.47. The van der Waals surface area contributed by atoms with Crippen LogP contribution in [-0.2, 0) is 10.0 Å². The third-order valence-corrected chi connectivity index (χ3v) is 3.70. The first-order chi connectivity index (χ1) is 9.34. The molecule has 0 fully saturated rings. The zero-order valence-corrected chi connectivity index (χ0v) is 12.2. The summed E-state index contributed by atoms with van der Waals surface area (Å²) in [6.07, 6.45) is 1.76. The van der Waals surface area contributed by atoms with E-state index in [1.807, 2.05) is 26.0 Å². The highest BCUT2D eigenvalue weighted by Crippen LogP contribution is 2.16. The monoisotopic (exact) mass is 288 g/mol. The average Bonchev–Trinajstić information content (AvgIpc) is 2.35. The molecule has 0 aromatic heterocycles. The molecule has 0 aliphatic rings. The van der Waals surface area contributed by atoms with Crippen molar-refractivity contribution in [3.63, 3.8) is 0 Å². The molecule has 0 saturated carbocycles. The van der Waals surface area contributed by atoms with Crippen LogP contribution < -0.4 is 5.14 Å². The molecule has 0 aliphatic carbocycles. The quantitative estimate of drug-likeness (QED) is 0.882. The minimum absolute atomic E-state index is 0.0860. The van der Waals surface area contributed by atoms with E-state index in [9.17, 15) is 8.42 Å². The third kappa shape index (κ3) is 3.76. The van der Waals surface area contributed by atoms with Gasteiger partial charge in [-0.1, -0.05) is 29.3 Å². The van der Waals surface area contributed by atoms with Gasteiger partial charge in [-0.3, -0.25) is 4.99 Å². The van der Waals surface area contributed by atoms with E-state index in [2.05, 4.69) is 11.1 Å². The van der Waals surface area contributed by atoms with Crippen LogP contribution in [0.15, 0.2) is 52.4 Å². The highest BCUT2D eigenvalue weighted by molar-refractivity contribution is 7.89. The van der Waals surface area contributed by atoms with Crippen molar-refractivity contribution in [2.45, 2.75) is 18.7 Å². The molecule has 2 aromatic carbocycles. The molecule has 0 unspecified atom stereocenters. The first-order valence-corrected chi connectivity index (χ1v) is 7.64. The lowest BCUT2D eigenvalue weighted by Crippen LogP contribution is -2.11. The van der Waals surface area contributed by atoms with Gasteiger partial charge in [0.25, 0.3) is 0 Å². The fourth-order valence-electron chi connectivity index (χ4n) is 1.96. The number of hydrogen-bond acceptors (Lipinski definition) is 3. The lowest BCUT2D eigenvalue weighted by atomic mass is 10.1. The van der Waals surface area contributed by atoms with E-state index in [0.29, 0.717) is 5.69 Å². The van der Waals surface area contributed by atoms with Gasteiger partial charge >= 0.3 is 0 Å². The molecule has 4 nitrogen and oxygen atoms in total. The molecule has 5 heteroatoms. The summed E-state index contributed by atoms with van der Waals surface area (Å²) in [5.41, 5.74) is 4.04. The number of primary sulfonamides is 1. The molecule has 0 atom stereocenters. The van der Waals surface area contributed by atoms with Crippen molar-refractivity contribution in [1.82, 2.24) is 0 Å². The molecule has 2 N–H and O–H groups in total. The van der Waals surface area contributed by atoms with Gasteiger partial charge in [-0.15, -0.1) is 0 Å². The third-order valence-electron chi connectivity index (χ3n) is 2.77. The van der Waals surface area contributed by atoms with Gasteiger partial charge < -0.3 is 0 Å². The zero-order valence-electron chi connectivity index (χ0n) is 11.4. The zero-order chi connectivity index (χ0) is 14.8. The number of hydrogen-bond donors (Lipinski definition) is 1. The Balaban J connectivity index is 2.23. The van der Waals surface area contributed by atoms with Crippen molar-refractivity contribution in [2.24, 2.45) is 10.1 Å². The van der Waals surface area contributed by atoms with E-state index in [4.69, 9.17) is 5.14 Å². The van der Waals surface area contributed by atoms with E-state index in [1.54, 1.807) is 18.3 Å². The maximum Gasteiger partial charge on any atom is 0.238 e. The summed E-state index contributed by atoms with van der Waals surface area (Å²) in [7, 11) is -3.65. The minimum Gasteiger partial charge on any atom is -0.256 e. The topological polar surface area (TPSA) is 72.5 Å². The van der Waals surface area contributed by atoms with Crippen LogP contribution >= 0.6 is 0 Å². The summed E-state index contributed by atoms with van der Waals surface area (Å²) < 4.78 is 22.3. The SMILES string of the molecule is Cc1cc(C)cc(C=Nc2ccc(S(N)(=O)=O)cc2)c1. The van der Waals surface area contributed by atoms with Crippen LogP contribution in [0.25, 0.3) is 0 Å². The lowest BCUT2D eigenvalue weighted by molar-refractivity contribution is 0.598. The van der Waals surface area contributed by atoms with E-state index in [-0.39, 0.29) is 4.90 Å². The molecular formula is C15H16N2O2S. The van der Waals surface area contributed by atoms with E-state index in [1.165, 1.54) is 23.3 Å². The number of benzene rings is 2. The first kappa shape index (κ1) is 14.4. The van der Waals surface area contributed by atoms with Crippen LogP contribution in [0.2, 0.25) is 0 Å². The molecule has 2 aromatic rings. The summed E-state index contributed by atoms with van der Waals surface area (Å²) in [6, 6.07) is 12.3. The Hall–Kier alpha value is -1.98. The Kier molecular flexibility index (Phi) is 4.01. The van der Waals surface area contributed by atoms with Crippen molar-refractivity contribution < 1.29 is 8.42 Å². The van der Waals surface area contributed by atoms with E-state index >= 15 is 0 Å². The Morgan fingerprint density at radius 1 is 1.00 bits per heavy atom. The van der Waals surface area contributed by atoms with Gasteiger partial charge in [0.1, 0.15) is 0 Å². The predicted molar refractivity (Wildman–Crippen MR) is 81.0 cm³/mol. The second kappa shape index (κ2) is 5.56. The molecule has 0 spiro atoms. The van der Waals surface area contributed by atoms with Crippen LogP contribution in [0, 0.1) is 13.8 Å². The molecule has 0 amide bonds. The van der Waals surface area contributed by atoms with E-state index in [0.717, 1.165) is 5.56 Å². The molecule has 0 radical (unpaired) electrons. The van der Waals surface area contributed by atoms with Crippen molar-refractivity contribution in [2.75, 3.05) is 0 Å². The van der Waals surface area contributed by atoms with Gasteiger partial charge in [0.2, 0.25) is 10.0 Å². The Bertz CT molecular complexity index is 728. The molecule has 0 saturated heterocycles. The van der Waals surface area contributed by atoms with Crippen molar-refractivity contribution in [3.05, 3.63) is 59.2 Å². The first-order valence-electron chi connectivity index (χ1n) is 6.10.